The number of benzene rings is 1. The lowest BCUT2D eigenvalue weighted by molar-refractivity contribution is 0.172. The number of hydrogen-bond donors (Lipinski definition) is 2. The van der Waals surface area contributed by atoms with Gasteiger partial charge in [0.05, 0.1) is 0 Å². The molecule has 2 aromatic rings. The van der Waals surface area contributed by atoms with Crippen LogP contribution in [0, 0.1) is 0 Å². The van der Waals surface area contributed by atoms with Crippen LogP contribution in [-0.4, -0.2) is 78.7 Å². The van der Waals surface area contributed by atoms with Crippen molar-refractivity contribution in [3.63, 3.8) is 0 Å². The first-order chi connectivity index (χ1) is 12.5. The zero-order chi connectivity index (χ0) is 18.5. The Labute approximate surface area is 153 Å². The summed E-state index contributed by atoms with van der Waals surface area (Å²) in [5.74, 6) is 1.18. The number of para-hydroxylation sites is 1. The molecule has 0 unspecified atom stereocenters. The molecule has 1 aliphatic rings. The molecule has 0 spiro atoms. The Balaban J connectivity index is 1.77. The first kappa shape index (κ1) is 18.3. The number of rotatable bonds is 5. The second-order valence-corrected chi connectivity index (χ2v) is 6.73. The molecule has 0 bridgehead atoms. The van der Waals surface area contributed by atoms with Crippen LogP contribution in [0.2, 0.25) is 0 Å². The number of aromatic nitrogens is 2. The van der Waals surface area contributed by atoms with E-state index >= 15 is 0 Å². The monoisotopic (exact) mass is 358 g/mol. The van der Waals surface area contributed by atoms with Gasteiger partial charge < -0.3 is 20.3 Å². The zero-order valence-corrected chi connectivity index (χ0v) is 15.5. The number of hydrogen-bond acceptors (Lipinski definition) is 7. The summed E-state index contributed by atoms with van der Waals surface area (Å²) < 4.78 is 5.42. The van der Waals surface area contributed by atoms with Crippen molar-refractivity contribution in [1.29, 1.82) is 0 Å². The molecular weight excluding hydrogens is 332 g/mol. The molecule has 1 saturated heterocycles. The summed E-state index contributed by atoms with van der Waals surface area (Å²) in [6, 6.07) is 5.75. The highest BCUT2D eigenvalue weighted by atomic mass is 16.6. The Morgan fingerprint density at radius 2 is 2.12 bits per heavy atom. The van der Waals surface area contributed by atoms with Crippen LogP contribution in [-0.2, 0) is 0 Å². The second kappa shape index (κ2) is 8.29. The molecular formula is C18H26N6O2. The van der Waals surface area contributed by atoms with Crippen molar-refractivity contribution in [3.05, 3.63) is 24.5 Å². The first-order valence-electron chi connectivity index (χ1n) is 8.87. The van der Waals surface area contributed by atoms with Crippen molar-refractivity contribution in [2.75, 3.05) is 52.1 Å². The number of nitrogens with one attached hydrogen (secondary N) is 2. The Morgan fingerprint density at radius 3 is 2.85 bits per heavy atom. The smallest absolute Gasteiger partial charge is 0.408 e. The van der Waals surface area contributed by atoms with Gasteiger partial charge in [-0.15, -0.1) is 0 Å². The van der Waals surface area contributed by atoms with Crippen LogP contribution in [0.15, 0.2) is 24.5 Å². The van der Waals surface area contributed by atoms with Gasteiger partial charge in [0, 0.05) is 58.2 Å². The van der Waals surface area contributed by atoms with Gasteiger partial charge in [-0.1, -0.05) is 6.07 Å². The van der Waals surface area contributed by atoms with Crippen LogP contribution < -0.4 is 15.4 Å². The summed E-state index contributed by atoms with van der Waals surface area (Å²) in [6.45, 7) is 7.27. The van der Waals surface area contributed by atoms with E-state index in [0.717, 1.165) is 43.9 Å². The highest BCUT2D eigenvalue weighted by Crippen LogP contribution is 2.28. The van der Waals surface area contributed by atoms with E-state index in [0.29, 0.717) is 11.3 Å². The molecule has 1 aromatic carbocycles. The minimum absolute atomic E-state index is 0.235. The number of carbonyl (C=O) groups is 1. The topological polar surface area (TPSA) is 82.6 Å². The molecule has 2 heterocycles. The number of carbonyl (C=O) groups excluding carboxylic acids is 1. The molecule has 3 rings (SSSR count). The molecule has 0 aliphatic carbocycles. The van der Waals surface area contributed by atoms with E-state index < -0.39 is 6.09 Å². The number of nitrogens with zero attached hydrogens (tertiary/aromatic N) is 4. The van der Waals surface area contributed by atoms with Gasteiger partial charge in [0.2, 0.25) is 0 Å². The summed E-state index contributed by atoms with van der Waals surface area (Å²) in [5.41, 5.74) is 0.620. The number of amides is 1. The van der Waals surface area contributed by atoms with Gasteiger partial charge in [-0.25, -0.2) is 14.8 Å². The molecule has 0 saturated carbocycles. The predicted molar refractivity (Wildman–Crippen MR) is 102 cm³/mol. The van der Waals surface area contributed by atoms with Crippen LogP contribution >= 0.6 is 0 Å². The molecule has 8 nitrogen and oxygen atoms in total. The summed E-state index contributed by atoms with van der Waals surface area (Å²) in [6.07, 6.45) is 1.06. The predicted octanol–water partition coefficient (Wildman–Crippen LogP) is 1.40. The Kier molecular flexibility index (Phi) is 5.85. The second-order valence-electron chi connectivity index (χ2n) is 6.73. The largest absolute Gasteiger partial charge is 0.414 e. The molecule has 8 heteroatoms. The molecule has 1 amide bonds. The maximum Gasteiger partial charge on any atom is 0.414 e. The molecule has 1 aliphatic heterocycles. The fourth-order valence-electron chi connectivity index (χ4n) is 3.00. The van der Waals surface area contributed by atoms with Gasteiger partial charge in [-0.3, -0.25) is 4.90 Å². The SMILES string of the molecule is C[C@@H](CN1CCNCC1)Nc1ncnc2c(OC(=O)N(C)C)cccc12. The number of anilines is 1. The number of piperazine rings is 1. The zero-order valence-electron chi connectivity index (χ0n) is 15.5. The maximum absolute atomic E-state index is 11.9. The van der Waals surface area contributed by atoms with Crippen LogP contribution in [0.3, 0.4) is 0 Å². The molecule has 1 fully saturated rings. The Hall–Kier alpha value is -2.45. The Bertz CT molecular complexity index is 760. The van der Waals surface area contributed by atoms with Gasteiger partial charge in [-0.2, -0.15) is 0 Å². The van der Waals surface area contributed by atoms with Crippen LogP contribution in [0.5, 0.6) is 5.75 Å². The summed E-state index contributed by atoms with van der Waals surface area (Å²) in [4.78, 5) is 24.4. The third-order valence-electron chi connectivity index (χ3n) is 4.32. The highest BCUT2D eigenvalue weighted by Gasteiger charge is 2.16. The van der Waals surface area contributed by atoms with Crippen LogP contribution in [0.1, 0.15) is 6.92 Å². The number of ether oxygens (including phenoxy) is 1. The molecule has 1 aromatic heterocycles. The minimum atomic E-state index is -0.433. The van der Waals surface area contributed by atoms with Gasteiger partial charge in [0.25, 0.3) is 0 Å². The summed E-state index contributed by atoms with van der Waals surface area (Å²) >= 11 is 0. The molecule has 1 atom stereocenters. The van der Waals surface area contributed by atoms with Crippen molar-refractivity contribution >= 4 is 22.8 Å². The quantitative estimate of drug-likeness (QED) is 0.836. The summed E-state index contributed by atoms with van der Waals surface area (Å²) in [7, 11) is 3.29. The van der Waals surface area contributed by atoms with Crippen molar-refractivity contribution in [2.24, 2.45) is 0 Å². The third kappa shape index (κ3) is 4.39. The first-order valence-corrected chi connectivity index (χ1v) is 8.87. The van der Waals surface area contributed by atoms with E-state index in [1.807, 2.05) is 12.1 Å². The molecule has 140 valence electrons. The molecule has 2 N–H and O–H groups in total. The lowest BCUT2D eigenvalue weighted by Gasteiger charge is -2.30. The molecule has 26 heavy (non-hydrogen) atoms. The van der Waals surface area contributed by atoms with E-state index in [1.54, 1.807) is 20.2 Å². The third-order valence-corrected chi connectivity index (χ3v) is 4.32. The van der Waals surface area contributed by atoms with E-state index in [1.165, 1.54) is 11.2 Å². The number of fused-ring (bicyclic) bond motifs is 1. The lowest BCUT2D eigenvalue weighted by atomic mass is 10.2. The van der Waals surface area contributed by atoms with E-state index in [2.05, 4.69) is 32.4 Å². The molecule has 0 radical (unpaired) electrons. The average Bonchev–Trinajstić information content (AvgIpc) is 2.63. The van der Waals surface area contributed by atoms with E-state index in [4.69, 9.17) is 4.74 Å². The van der Waals surface area contributed by atoms with Crippen molar-refractivity contribution in [2.45, 2.75) is 13.0 Å². The van der Waals surface area contributed by atoms with E-state index in [9.17, 15) is 4.79 Å². The van der Waals surface area contributed by atoms with Gasteiger partial charge in [0.15, 0.2) is 5.75 Å². The lowest BCUT2D eigenvalue weighted by Crippen LogP contribution is -2.47. The fourth-order valence-corrected chi connectivity index (χ4v) is 3.00. The average molecular weight is 358 g/mol. The Morgan fingerprint density at radius 1 is 1.35 bits per heavy atom. The summed E-state index contributed by atoms with van der Waals surface area (Å²) in [5, 5.41) is 7.67. The standard InChI is InChI=1S/C18H26N6O2/c1-13(11-24-9-7-19-8-10-24)22-17-14-5-4-6-15(16(14)20-12-21-17)26-18(25)23(2)3/h4-6,12-13,19H,7-11H2,1-3H3,(H,20,21,22)/t13-/m0/s1. The van der Waals surface area contributed by atoms with Crippen LogP contribution in [0.25, 0.3) is 10.9 Å². The fraction of sp³-hybridized carbons (Fsp3) is 0.500. The van der Waals surface area contributed by atoms with Gasteiger partial charge >= 0.3 is 6.09 Å². The normalized spacial score (nSPS) is 16.3. The van der Waals surface area contributed by atoms with Crippen LogP contribution in [0.4, 0.5) is 10.6 Å². The highest BCUT2D eigenvalue weighted by molar-refractivity contribution is 5.94. The van der Waals surface area contributed by atoms with Crippen molar-refractivity contribution < 1.29 is 9.53 Å². The van der Waals surface area contributed by atoms with Crippen molar-refractivity contribution in [3.8, 4) is 5.75 Å². The van der Waals surface area contributed by atoms with Gasteiger partial charge in [0.1, 0.15) is 17.7 Å². The van der Waals surface area contributed by atoms with Gasteiger partial charge in [-0.05, 0) is 19.1 Å². The minimum Gasteiger partial charge on any atom is -0.408 e. The van der Waals surface area contributed by atoms with E-state index in [-0.39, 0.29) is 6.04 Å². The van der Waals surface area contributed by atoms with Crippen molar-refractivity contribution in [1.82, 2.24) is 25.1 Å². The maximum atomic E-state index is 11.9.